The number of rotatable bonds is 6. The second-order valence-corrected chi connectivity index (χ2v) is 9.35. The van der Waals surface area contributed by atoms with Gasteiger partial charge in [-0.05, 0) is 19.1 Å². The maximum atomic E-state index is 14.6. The summed E-state index contributed by atoms with van der Waals surface area (Å²) in [7, 11) is 0.785. The Bertz CT molecular complexity index is 1150. The van der Waals surface area contributed by atoms with Gasteiger partial charge in [-0.15, -0.1) is 0 Å². The largest absolute Gasteiger partial charge is 0.495 e. The molecule has 5 nitrogen and oxygen atoms in total. The van der Waals surface area contributed by atoms with Crippen LogP contribution in [0.5, 0.6) is 5.75 Å². The van der Waals surface area contributed by atoms with Crippen LogP contribution in [-0.4, -0.2) is 40.9 Å². The Hall–Kier alpha value is -2.81. The molecule has 2 heterocycles. The lowest BCUT2D eigenvalue weighted by Crippen LogP contribution is -2.37. The summed E-state index contributed by atoms with van der Waals surface area (Å²) in [6, 6.07) is 9.05. The van der Waals surface area contributed by atoms with E-state index in [-0.39, 0.29) is 5.56 Å². The minimum atomic E-state index is -2.88. The van der Waals surface area contributed by atoms with Crippen molar-refractivity contribution in [3.8, 4) is 5.75 Å². The third-order valence-electron chi connectivity index (χ3n) is 5.69. The van der Waals surface area contributed by atoms with Gasteiger partial charge in [0.05, 0.1) is 29.9 Å². The summed E-state index contributed by atoms with van der Waals surface area (Å²) < 4.78 is 58.2. The molecule has 3 aromatic rings. The third kappa shape index (κ3) is 4.39. The van der Waals surface area contributed by atoms with Crippen LogP contribution in [0.4, 0.5) is 24.5 Å². The Balaban J connectivity index is 1.71. The number of nitrogens with one attached hydrogen (secondary N) is 1. The van der Waals surface area contributed by atoms with E-state index in [1.165, 1.54) is 12.1 Å². The highest BCUT2D eigenvalue weighted by molar-refractivity contribution is 7.85. The molecule has 1 aliphatic heterocycles. The lowest BCUT2D eigenvalue weighted by Gasteiger charge is -2.30. The van der Waals surface area contributed by atoms with Gasteiger partial charge in [0.2, 0.25) is 0 Å². The standard InChI is InChI=1S/C23H24F3N3O2S/c1-14(15-4-3-5-16(22(15)24)23(25)26)28-18-6-7-27-19-13-21(31-2)20(12-17(18)19)29-8-10-32(30)11-9-29/h3-7,12-14,23H,8-11H2,1-2H3,(H,27,28)/t14-/m1/s1. The Kier molecular flexibility index (Phi) is 6.55. The molecule has 0 spiro atoms. The molecular weight excluding hydrogens is 439 g/mol. The van der Waals surface area contributed by atoms with Gasteiger partial charge in [-0.3, -0.25) is 9.19 Å². The van der Waals surface area contributed by atoms with Crippen molar-refractivity contribution in [1.82, 2.24) is 4.98 Å². The molecule has 1 saturated heterocycles. The maximum absolute atomic E-state index is 14.6. The molecule has 1 N–H and O–H groups in total. The number of alkyl halides is 2. The van der Waals surface area contributed by atoms with Gasteiger partial charge < -0.3 is 15.0 Å². The first-order valence-electron chi connectivity index (χ1n) is 10.3. The highest BCUT2D eigenvalue weighted by Gasteiger charge is 2.22. The van der Waals surface area contributed by atoms with E-state index in [0.717, 1.165) is 17.1 Å². The normalized spacial score (nSPS) is 15.9. The summed E-state index contributed by atoms with van der Waals surface area (Å²) in [6.07, 6.45) is -1.25. The van der Waals surface area contributed by atoms with Crippen LogP contribution in [-0.2, 0) is 10.8 Å². The zero-order valence-corrected chi connectivity index (χ0v) is 18.6. The highest BCUT2D eigenvalue weighted by atomic mass is 32.2. The van der Waals surface area contributed by atoms with Crippen molar-refractivity contribution in [1.29, 1.82) is 0 Å². The first kappa shape index (κ1) is 22.4. The van der Waals surface area contributed by atoms with Crippen LogP contribution in [0.15, 0.2) is 42.6 Å². The van der Waals surface area contributed by atoms with E-state index >= 15 is 0 Å². The summed E-state index contributed by atoms with van der Waals surface area (Å²) >= 11 is 0. The van der Waals surface area contributed by atoms with Crippen molar-refractivity contribution >= 4 is 33.1 Å². The number of benzene rings is 2. The van der Waals surface area contributed by atoms with Gasteiger partial charge >= 0.3 is 0 Å². The van der Waals surface area contributed by atoms with Crippen molar-refractivity contribution in [2.24, 2.45) is 0 Å². The van der Waals surface area contributed by atoms with E-state index in [1.807, 2.05) is 12.1 Å². The minimum Gasteiger partial charge on any atom is -0.495 e. The quantitative estimate of drug-likeness (QED) is 0.554. The second-order valence-electron chi connectivity index (χ2n) is 7.65. The zero-order chi connectivity index (χ0) is 22.8. The van der Waals surface area contributed by atoms with E-state index < -0.39 is 34.6 Å². The average molecular weight is 464 g/mol. The Morgan fingerprint density at radius 1 is 1.16 bits per heavy atom. The van der Waals surface area contributed by atoms with E-state index in [2.05, 4.69) is 15.2 Å². The summed E-state index contributed by atoms with van der Waals surface area (Å²) in [4.78, 5) is 6.55. The molecule has 0 bridgehead atoms. The molecule has 32 heavy (non-hydrogen) atoms. The summed E-state index contributed by atoms with van der Waals surface area (Å²) in [5, 5.41) is 4.05. The fraction of sp³-hybridized carbons (Fsp3) is 0.348. The van der Waals surface area contributed by atoms with Crippen LogP contribution in [0.3, 0.4) is 0 Å². The van der Waals surface area contributed by atoms with Gasteiger partial charge in [-0.25, -0.2) is 13.2 Å². The number of pyridine rings is 1. The van der Waals surface area contributed by atoms with E-state index in [1.54, 1.807) is 26.3 Å². The average Bonchev–Trinajstić information content (AvgIpc) is 2.79. The molecule has 2 aromatic carbocycles. The molecule has 1 aliphatic rings. The number of halogens is 3. The summed E-state index contributed by atoms with van der Waals surface area (Å²) in [5.41, 5.74) is 1.82. The Labute approximate surface area is 187 Å². The lowest BCUT2D eigenvalue weighted by atomic mass is 10.0. The number of aromatic nitrogens is 1. The van der Waals surface area contributed by atoms with E-state index in [4.69, 9.17) is 4.74 Å². The number of nitrogens with zero attached hydrogens (tertiary/aromatic N) is 2. The minimum absolute atomic E-state index is 0.167. The molecule has 9 heteroatoms. The number of fused-ring (bicyclic) bond motifs is 1. The predicted molar refractivity (Wildman–Crippen MR) is 122 cm³/mol. The van der Waals surface area contributed by atoms with Gasteiger partial charge in [-0.2, -0.15) is 0 Å². The van der Waals surface area contributed by atoms with Crippen molar-refractivity contribution < 1.29 is 22.1 Å². The van der Waals surface area contributed by atoms with Crippen LogP contribution in [0.2, 0.25) is 0 Å². The van der Waals surface area contributed by atoms with Gasteiger partial charge in [0.15, 0.2) is 0 Å². The van der Waals surface area contributed by atoms with Crippen LogP contribution in [0.25, 0.3) is 10.9 Å². The number of hydrogen-bond acceptors (Lipinski definition) is 5. The predicted octanol–water partition coefficient (Wildman–Crippen LogP) is 5.06. The van der Waals surface area contributed by atoms with Gasteiger partial charge in [0.25, 0.3) is 6.43 Å². The first-order chi connectivity index (χ1) is 15.4. The van der Waals surface area contributed by atoms with Crippen molar-refractivity contribution in [3.63, 3.8) is 0 Å². The lowest BCUT2D eigenvalue weighted by molar-refractivity contribution is 0.146. The molecule has 1 fully saturated rings. The molecular formula is C23H24F3N3O2S. The molecule has 170 valence electrons. The van der Waals surface area contributed by atoms with Gasteiger partial charge in [-0.1, -0.05) is 18.2 Å². The molecule has 4 rings (SSSR count). The summed E-state index contributed by atoms with van der Waals surface area (Å²) in [6.45, 7) is 3.03. The van der Waals surface area contributed by atoms with Crippen molar-refractivity contribution in [2.45, 2.75) is 19.4 Å². The SMILES string of the molecule is COc1cc2nccc(N[C@H](C)c3cccc(C(F)F)c3F)c2cc1N1CCS(=O)CC1. The number of ether oxygens (including phenoxy) is 1. The van der Waals surface area contributed by atoms with E-state index in [9.17, 15) is 17.4 Å². The first-order valence-corrected chi connectivity index (χ1v) is 11.8. The third-order valence-corrected chi connectivity index (χ3v) is 6.97. The van der Waals surface area contributed by atoms with Crippen LogP contribution in [0.1, 0.15) is 30.5 Å². The van der Waals surface area contributed by atoms with Gasteiger partial charge in [0.1, 0.15) is 11.6 Å². The highest BCUT2D eigenvalue weighted by Crippen LogP contribution is 2.37. The van der Waals surface area contributed by atoms with Crippen LogP contribution in [0, 0.1) is 5.82 Å². The smallest absolute Gasteiger partial charge is 0.266 e. The van der Waals surface area contributed by atoms with E-state index in [0.29, 0.717) is 41.5 Å². The fourth-order valence-corrected chi connectivity index (χ4v) is 5.01. The van der Waals surface area contributed by atoms with Crippen LogP contribution >= 0.6 is 0 Å². The second kappa shape index (κ2) is 9.36. The Morgan fingerprint density at radius 3 is 2.56 bits per heavy atom. The number of anilines is 2. The topological polar surface area (TPSA) is 54.5 Å². The monoisotopic (exact) mass is 463 g/mol. The fourth-order valence-electron chi connectivity index (χ4n) is 3.96. The van der Waals surface area contributed by atoms with Crippen molar-refractivity contribution in [2.75, 3.05) is 41.9 Å². The number of methoxy groups -OCH3 is 1. The molecule has 0 radical (unpaired) electrons. The molecule has 0 unspecified atom stereocenters. The number of hydrogen-bond donors (Lipinski definition) is 1. The molecule has 0 aliphatic carbocycles. The summed E-state index contributed by atoms with van der Waals surface area (Å²) in [5.74, 6) is 0.954. The van der Waals surface area contributed by atoms with Crippen molar-refractivity contribution in [3.05, 3.63) is 59.5 Å². The molecule has 0 saturated carbocycles. The van der Waals surface area contributed by atoms with Gasteiger partial charge in [0, 0.05) is 64.3 Å². The molecule has 1 atom stereocenters. The molecule has 1 aromatic heterocycles. The maximum Gasteiger partial charge on any atom is 0.266 e. The van der Waals surface area contributed by atoms with Crippen LogP contribution < -0.4 is 15.0 Å². The molecule has 0 amide bonds. The zero-order valence-electron chi connectivity index (χ0n) is 17.8. The Morgan fingerprint density at radius 2 is 1.88 bits per heavy atom.